The van der Waals surface area contributed by atoms with Gasteiger partial charge in [-0.05, 0) is 6.07 Å². The second kappa shape index (κ2) is 4.84. The highest BCUT2D eigenvalue weighted by Crippen LogP contribution is 2.12. The zero-order valence-electron chi connectivity index (χ0n) is 8.25. The van der Waals surface area contributed by atoms with Crippen molar-refractivity contribution in [2.45, 2.75) is 0 Å². The van der Waals surface area contributed by atoms with Gasteiger partial charge in [0.25, 0.3) is 11.6 Å². The highest BCUT2D eigenvalue weighted by atomic mass is 16.6. The standard InChI is InChI=1S/C9H6N2O6/c12-7(10-8(13)9(14)15)5-2-1-3-6(4-5)11(16)17/h1-4H,(H,14,15)(H,10,12,13). The molecule has 0 aliphatic rings. The van der Waals surface area contributed by atoms with Gasteiger partial charge in [0.05, 0.1) is 4.92 Å². The summed E-state index contributed by atoms with van der Waals surface area (Å²) in [6.45, 7) is 0. The smallest absolute Gasteiger partial charge is 0.394 e. The van der Waals surface area contributed by atoms with Crippen LogP contribution in [0.15, 0.2) is 24.3 Å². The lowest BCUT2D eigenvalue weighted by atomic mass is 10.2. The van der Waals surface area contributed by atoms with E-state index in [0.29, 0.717) is 0 Å². The molecule has 88 valence electrons. The van der Waals surface area contributed by atoms with Gasteiger partial charge in [0.15, 0.2) is 0 Å². The fourth-order valence-corrected chi connectivity index (χ4v) is 0.989. The molecular weight excluding hydrogens is 232 g/mol. The Balaban J connectivity index is 2.90. The molecule has 0 radical (unpaired) electrons. The van der Waals surface area contributed by atoms with E-state index in [1.54, 1.807) is 5.32 Å². The maximum Gasteiger partial charge on any atom is 0.394 e. The molecule has 0 saturated carbocycles. The van der Waals surface area contributed by atoms with Gasteiger partial charge in [0.1, 0.15) is 0 Å². The Morgan fingerprint density at radius 1 is 1.29 bits per heavy atom. The third kappa shape index (κ3) is 3.09. The van der Waals surface area contributed by atoms with E-state index in [-0.39, 0.29) is 11.3 Å². The highest BCUT2D eigenvalue weighted by molar-refractivity contribution is 6.35. The van der Waals surface area contributed by atoms with Gasteiger partial charge in [-0.25, -0.2) is 4.79 Å². The van der Waals surface area contributed by atoms with Crippen molar-refractivity contribution < 1.29 is 24.4 Å². The number of non-ortho nitro benzene ring substituents is 1. The van der Waals surface area contributed by atoms with Gasteiger partial charge in [-0.15, -0.1) is 0 Å². The lowest BCUT2D eigenvalue weighted by Crippen LogP contribution is -2.35. The first-order valence-electron chi connectivity index (χ1n) is 4.25. The van der Waals surface area contributed by atoms with Crippen LogP contribution in [0.25, 0.3) is 0 Å². The Morgan fingerprint density at radius 2 is 1.94 bits per heavy atom. The molecule has 0 aliphatic carbocycles. The molecule has 0 aliphatic heterocycles. The molecule has 0 fully saturated rings. The van der Waals surface area contributed by atoms with Gasteiger partial charge >= 0.3 is 11.9 Å². The maximum absolute atomic E-state index is 11.3. The first-order chi connectivity index (χ1) is 7.91. The quantitative estimate of drug-likeness (QED) is 0.422. The maximum atomic E-state index is 11.3. The number of hydrogen-bond acceptors (Lipinski definition) is 5. The zero-order chi connectivity index (χ0) is 13.0. The van der Waals surface area contributed by atoms with Crippen LogP contribution < -0.4 is 5.32 Å². The van der Waals surface area contributed by atoms with Gasteiger partial charge in [-0.2, -0.15) is 0 Å². The molecule has 0 aromatic heterocycles. The minimum Gasteiger partial charge on any atom is -0.474 e. The molecule has 0 unspecified atom stereocenters. The number of nitrogens with zero attached hydrogens (tertiary/aromatic N) is 1. The zero-order valence-corrected chi connectivity index (χ0v) is 8.25. The van der Waals surface area contributed by atoms with Crippen LogP contribution in [0.1, 0.15) is 10.4 Å². The van der Waals surface area contributed by atoms with Crippen LogP contribution in [0.5, 0.6) is 0 Å². The Labute approximate surface area is 94.0 Å². The van der Waals surface area contributed by atoms with Gasteiger partial charge in [-0.1, -0.05) is 6.07 Å². The van der Waals surface area contributed by atoms with Crippen LogP contribution in [0.2, 0.25) is 0 Å². The monoisotopic (exact) mass is 238 g/mol. The molecule has 0 bridgehead atoms. The molecule has 0 heterocycles. The molecule has 1 rings (SSSR count). The molecule has 17 heavy (non-hydrogen) atoms. The molecule has 1 aromatic carbocycles. The molecule has 8 nitrogen and oxygen atoms in total. The normalized spacial score (nSPS) is 9.41. The van der Waals surface area contributed by atoms with Crippen molar-refractivity contribution in [2.75, 3.05) is 0 Å². The minimum atomic E-state index is -1.82. The van der Waals surface area contributed by atoms with E-state index in [4.69, 9.17) is 5.11 Å². The molecule has 1 aromatic rings. The van der Waals surface area contributed by atoms with E-state index in [2.05, 4.69) is 0 Å². The number of benzene rings is 1. The summed E-state index contributed by atoms with van der Waals surface area (Å²) in [6, 6.07) is 4.57. The number of amides is 2. The summed E-state index contributed by atoms with van der Waals surface area (Å²) in [5, 5.41) is 20.2. The van der Waals surface area contributed by atoms with Crippen LogP contribution in [-0.4, -0.2) is 27.8 Å². The van der Waals surface area contributed by atoms with Crippen LogP contribution in [0.3, 0.4) is 0 Å². The van der Waals surface area contributed by atoms with Crippen LogP contribution in [-0.2, 0) is 9.59 Å². The second-order valence-electron chi connectivity index (χ2n) is 2.90. The summed E-state index contributed by atoms with van der Waals surface area (Å²) >= 11 is 0. The van der Waals surface area contributed by atoms with Gasteiger partial charge in [0, 0.05) is 17.7 Å². The van der Waals surface area contributed by atoms with Crippen molar-refractivity contribution in [3.8, 4) is 0 Å². The van der Waals surface area contributed by atoms with Crippen molar-refractivity contribution in [3.63, 3.8) is 0 Å². The van der Waals surface area contributed by atoms with Crippen molar-refractivity contribution in [1.82, 2.24) is 5.32 Å². The Morgan fingerprint density at radius 3 is 2.47 bits per heavy atom. The summed E-state index contributed by atoms with van der Waals surface area (Å²) in [7, 11) is 0. The molecule has 0 saturated heterocycles. The highest BCUT2D eigenvalue weighted by Gasteiger charge is 2.17. The summed E-state index contributed by atoms with van der Waals surface area (Å²) < 4.78 is 0. The van der Waals surface area contributed by atoms with Crippen molar-refractivity contribution in [2.24, 2.45) is 0 Å². The summed E-state index contributed by atoms with van der Waals surface area (Å²) in [6.07, 6.45) is 0. The minimum absolute atomic E-state index is 0.172. The number of hydrogen-bond donors (Lipinski definition) is 2. The van der Waals surface area contributed by atoms with E-state index in [9.17, 15) is 24.5 Å². The predicted octanol–water partition coefficient (Wildman–Crippen LogP) is -0.0642. The van der Waals surface area contributed by atoms with Gasteiger partial charge < -0.3 is 5.11 Å². The average molecular weight is 238 g/mol. The van der Waals surface area contributed by atoms with E-state index in [0.717, 1.165) is 12.1 Å². The SMILES string of the molecule is O=C(O)C(=O)NC(=O)c1cccc([N+](=O)[O-])c1. The third-order valence-corrected chi connectivity index (χ3v) is 1.74. The fourth-order valence-electron chi connectivity index (χ4n) is 0.989. The number of carboxylic acids is 1. The number of nitrogens with one attached hydrogen (secondary N) is 1. The summed E-state index contributed by atoms with van der Waals surface area (Å²) in [5.74, 6) is -4.33. The number of carbonyl (C=O) groups is 3. The molecule has 2 N–H and O–H groups in total. The van der Waals surface area contributed by atoms with Crippen molar-refractivity contribution in [1.29, 1.82) is 0 Å². The second-order valence-corrected chi connectivity index (χ2v) is 2.90. The molecular formula is C9H6N2O6. The average Bonchev–Trinajstić information content (AvgIpc) is 2.28. The lowest BCUT2D eigenvalue weighted by molar-refractivity contribution is -0.384. The molecule has 0 atom stereocenters. The Kier molecular flexibility index (Phi) is 3.50. The Bertz CT molecular complexity index is 510. The number of carbonyl (C=O) groups excluding carboxylic acids is 2. The number of rotatable bonds is 2. The van der Waals surface area contributed by atoms with Gasteiger partial charge in [0.2, 0.25) is 0 Å². The van der Waals surface area contributed by atoms with Crippen molar-refractivity contribution >= 4 is 23.5 Å². The van der Waals surface area contributed by atoms with E-state index in [1.807, 2.05) is 0 Å². The topological polar surface area (TPSA) is 127 Å². The van der Waals surface area contributed by atoms with E-state index >= 15 is 0 Å². The van der Waals surface area contributed by atoms with E-state index < -0.39 is 22.7 Å². The molecule has 2 amide bonds. The first kappa shape index (κ1) is 12.3. The molecule has 8 heteroatoms. The fraction of sp³-hybridized carbons (Fsp3) is 0. The van der Waals surface area contributed by atoms with Gasteiger partial charge in [-0.3, -0.25) is 25.0 Å². The first-order valence-corrected chi connectivity index (χ1v) is 4.25. The number of imide groups is 1. The lowest BCUT2D eigenvalue weighted by Gasteiger charge is -2.00. The third-order valence-electron chi connectivity index (χ3n) is 1.74. The van der Waals surface area contributed by atoms with E-state index in [1.165, 1.54) is 12.1 Å². The largest absolute Gasteiger partial charge is 0.474 e. The van der Waals surface area contributed by atoms with Crippen molar-refractivity contribution in [3.05, 3.63) is 39.9 Å². The summed E-state index contributed by atoms with van der Waals surface area (Å²) in [4.78, 5) is 41.9. The number of nitro groups is 1. The summed E-state index contributed by atoms with van der Waals surface area (Å²) in [5.41, 5.74) is -0.505. The Hall–Kier alpha value is -2.77. The van der Waals surface area contributed by atoms with Crippen LogP contribution >= 0.6 is 0 Å². The predicted molar refractivity (Wildman–Crippen MR) is 53.2 cm³/mol. The number of carboxylic acid groups (broad SMARTS) is 1. The van der Waals surface area contributed by atoms with Crippen LogP contribution in [0.4, 0.5) is 5.69 Å². The number of nitro benzene ring substituents is 1. The number of aliphatic carboxylic acids is 1. The molecule has 0 spiro atoms. The van der Waals surface area contributed by atoms with Crippen LogP contribution in [0, 0.1) is 10.1 Å².